The summed E-state index contributed by atoms with van der Waals surface area (Å²) in [6.07, 6.45) is 12.7. The molecule has 1 heterocycles. The number of aliphatic hydroxyl groups is 1. The fourth-order valence-electron chi connectivity index (χ4n) is 5.22. The van der Waals surface area contributed by atoms with Gasteiger partial charge in [-0.3, -0.25) is 0 Å². The number of halogens is 1. The van der Waals surface area contributed by atoms with Crippen molar-refractivity contribution >= 4 is 22.6 Å². The summed E-state index contributed by atoms with van der Waals surface area (Å²) in [5, 5.41) is 10.8. The molecule has 0 radical (unpaired) electrons. The summed E-state index contributed by atoms with van der Waals surface area (Å²) in [5.41, 5.74) is 3.08. The van der Waals surface area contributed by atoms with Crippen molar-refractivity contribution in [3.05, 3.63) is 35.8 Å². The molecule has 0 aliphatic heterocycles. The van der Waals surface area contributed by atoms with E-state index in [4.69, 9.17) is 4.42 Å². The molecule has 0 bridgehead atoms. The predicted molar refractivity (Wildman–Crippen MR) is 107 cm³/mol. The van der Waals surface area contributed by atoms with Crippen molar-refractivity contribution in [2.75, 3.05) is 4.43 Å². The molecule has 1 aromatic heterocycles. The molecule has 1 N–H and O–H groups in total. The first-order chi connectivity index (χ1) is 11.4. The van der Waals surface area contributed by atoms with E-state index >= 15 is 0 Å². The topological polar surface area (TPSA) is 33.4 Å². The first kappa shape index (κ1) is 18.5. The Balaban J connectivity index is 1.89. The highest BCUT2D eigenvalue weighted by atomic mass is 127. The minimum atomic E-state index is -0.436. The average Bonchev–Trinajstić information content (AvgIpc) is 3.06. The molecule has 0 aromatic carbocycles. The van der Waals surface area contributed by atoms with Crippen molar-refractivity contribution in [2.24, 2.45) is 22.7 Å². The van der Waals surface area contributed by atoms with E-state index in [2.05, 4.69) is 49.4 Å². The summed E-state index contributed by atoms with van der Waals surface area (Å²) in [7, 11) is 0. The third kappa shape index (κ3) is 3.23. The molecular weight excluding hydrogens is 411 g/mol. The van der Waals surface area contributed by atoms with Crippen LogP contribution in [0.15, 0.2) is 34.7 Å². The quantitative estimate of drug-likeness (QED) is 0.330. The fraction of sp³-hybridized carbons (Fsp3) is 0.714. The van der Waals surface area contributed by atoms with E-state index in [1.165, 1.54) is 36.5 Å². The SMILES string of the molecule is C[C@@H]1CC[C@H]2C(=CCC[C@]2(C)CCI)[C@@]1(C)C[C@H](O)c1ccoc1. The summed E-state index contributed by atoms with van der Waals surface area (Å²) in [6.45, 7) is 7.28. The van der Waals surface area contributed by atoms with Crippen LogP contribution in [-0.4, -0.2) is 9.53 Å². The number of rotatable bonds is 5. The van der Waals surface area contributed by atoms with Gasteiger partial charge in [-0.15, -0.1) is 0 Å². The van der Waals surface area contributed by atoms with Gasteiger partial charge in [-0.2, -0.15) is 0 Å². The van der Waals surface area contributed by atoms with Crippen LogP contribution in [0.4, 0.5) is 0 Å². The van der Waals surface area contributed by atoms with Crippen LogP contribution in [0.3, 0.4) is 0 Å². The van der Waals surface area contributed by atoms with Gasteiger partial charge in [0.15, 0.2) is 0 Å². The fourth-order valence-corrected chi connectivity index (χ4v) is 6.45. The highest BCUT2D eigenvalue weighted by Crippen LogP contribution is 2.59. The van der Waals surface area contributed by atoms with Gasteiger partial charge in [0.1, 0.15) is 0 Å². The van der Waals surface area contributed by atoms with Crippen LogP contribution < -0.4 is 0 Å². The summed E-state index contributed by atoms with van der Waals surface area (Å²) in [4.78, 5) is 0. The molecule has 2 aliphatic rings. The third-order valence-corrected chi connectivity index (χ3v) is 7.68. The molecule has 1 fully saturated rings. The second kappa shape index (κ2) is 7.14. The minimum Gasteiger partial charge on any atom is -0.472 e. The van der Waals surface area contributed by atoms with E-state index < -0.39 is 6.10 Å². The van der Waals surface area contributed by atoms with Crippen LogP contribution in [0.2, 0.25) is 0 Å². The molecular formula is C21H31IO2. The maximum absolute atomic E-state index is 10.8. The lowest BCUT2D eigenvalue weighted by atomic mass is 9.51. The summed E-state index contributed by atoms with van der Waals surface area (Å²) in [5.74, 6) is 1.31. The highest BCUT2D eigenvalue weighted by molar-refractivity contribution is 14.1. The van der Waals surface area contributed by atoms with Crippen LogP contribution in [0.1, 0.15) is 71.0 Å². The van der Waals surface area contributed by atoms with E-state index in [1.807, 2.05) is 6.07 Å². The zero-order valence-electron chi connectivity index (χ0n) is 15.2. The summed E-state index contributed by atoms with van der Waals surface area (Å²) in [6, 6.07) is 1.90. The Hall–Kier alpha value is -0.290. The first-order valence-electron chi connectivity index (χ1n) is 9.37. The van der Waals surface area contributed by atoms with Crippen molar-refractivity contribution in [2.45, 2.75) is 65.4 Å². The Morgan fingerprint density at radius 2 is 2.17 bits per heavy atom. The predicted octanol–water partition coefficient (Wildman–Crippen LogP) is 6.31. The summed E-state index contributed by atoms with van der Waals surface area (Å²) < 4.78 is 6.42. The van der Waals surface area contributed by atoms with Crippen LogP contribution in [0.5, 0.6) is 0 Å². The van der Waals surface area contributed by atoms with Crippen LogP contribution in [0.25, 0.3) is 0 Å². The Kier molecular flexibility index (Phi) is 5.51. The van der Waals surface area contributed by atoms with Crippen molar-refractivity contribution in [3.8, 4) is 0 Å². The molecule has 3 rings (SSSR count). The summed E-state index contributed by atoms with van der Waals surface area (Å²) >= 11 is 2.53. The lowest BCUT2D eigenvalue weighted by molar-refractivity contribution is 0.0321. The molecule has 0 unspecified atom stereocenters. The van der Waals surface area contributed by atoms with Crippen LogP contribution in [-0.2, 0) is 0 Å². The van der Waals surface area contributed by atoms with Crippen molar-refractivity contribution < 1.29 is 9.52 Å². The van der Waals surface area contributed by atoms with Gasteiger partial charge in [0.05, 0.1) is 18.6 Å². The van der Waals surface area contributed by atoms with Gasteiger partial charge in [0, 0.05) is 9.99 Å². The Morgan fingerprint density at radius 1 is 1.38 bits per heavy atom. The lowest BCUT2D eigenvalue weighted by Crippen LogP contribution is -2.44. The number of aliphatic hydroxyl groups excluding tert-OH is 1. The van der Waals surface area contributed by atoms with Gasteiger partial charge >= 0.3 is 0 Å². The molecule has 0 spiro atoms. The number of alkyl halides is 1. The number of hydrogen-bond donors (Lipinski definition) is 1. The zero-order valence-corrected chi connectivity index (χ0v) is 17.4. The van der Waals surface area contributed by atoms with Crippen molar-refractivity contribution in [1.29, 1.82) is 0 Å². The molecule has 0 saturated heterocycles. The monoisotopic (exact) mass is 442 g/mol. The lowest BCUT2D eigenvalue weighted by Gasteiger charge is -2.54. The normalized spacial score (nSPS) is 37.6. The molecule has 24 heavy (non-hydrogen) atoms. The third-order valence-electron chi connectivity index (χ3n) is 7.14. The smallest absolute Gasteiger partial charge is 0.0960 e. The number of hydrogen-bond acceptors (Lipinski definition) is 2. The Morgan fingerprint density at radius 3 is 2.83 bits per heavy atom. The minimum absolute atomic E-state index is 0.0898. The van der Waals surface area contributed by atoms with E-state index in [-0.39, 0.29) is 5.41 Å². The standard InChI is InChI=1S/C21H31IO2/c1-15-6-7-17-18(5-4-9-20(17,2)10-11-22)21(15,3)13-19(23)16-8-12-24-14-16/h5,8,12,14-15,17,19,23H,4,6-7,9-11,13H2,1-3H3/t15-,17+,19+,20-,21+/m1/s1. The first-order valence-corrected chi connectivity index (χ1v) is 10.9. The molecule has 1 saturated carbocycles. The largest absolute Gasteiger partial charge is 0.472 e. The molecule has 2 aliphatic carbocycles. The van der Waals surface area contributed by atoms with Crippen molar-refractivity contribution in [3.63, 3.8) is 0 Å². The Labute approximate surface area is 160 Å². The maximum Gasteiger partial charge on any atom is 0.0960 e. The molecule has 0 amide bonds. The van der Waals surface area contributed by atoms with Crippen LogP contribution in [0, 0.1) is 22.7 Å². The zero-order chi connectivity index (χ0) is 17.4. The highest BCUT2D eigenvalue weighted by Gasteiger charge is 2.49. The second-order valence-corrected chi connectivity index (χ2v) is 9.59. The van der Waals surface area contributed by atoms with Gasteiger partial charge in [-0.1, -0.05) is 55.0 Å². The molecule has 1 aromatic rings. The van der Waals surface area contributed by atoms with Gasteiger partial charge < -0.3 is 9.52 Å². The van der Waals surface area contributed by atoms with E-state index in [0.717, 1.165) is 12.0 Å². The van der Waals surface area contributed by atoms with E-state index in [0.29, 0.717) is 17.3 Å². The van der Waals surface area contributed by atoms with Gasteiger partial charge in [0.25, 0.3) is 0 Å². The average molecular weight is 442 g/mol. The Bertz CT molecular complexity index is 579. The van der Waals surface area contributed by atoms with Gasteiger partial charge in [-0.05, 0) is 67.3 Å². The van der Waals surface area contributed by atoms with Gasteiger partial charge in [-0.25, -0.2) is 0 Å². The molecule has 5 atom stereocenters. The van der Waals surface area contributed by atoms with E-state index in [1.54, 1.807) is 18.1 Å². The molecule has 2 nitrogen and oxygen atoms in total. The van der Waals surface area contributed by atoms with Gasteiger partial charge in [0.2, 0.25) is 0 Å². The van der Waals surface area contributed by atoms with Crippen LogP contribution >= 0.6 is 22.6 Å². The number of allylic oxidation sites excluding steroid dienone is 2. The number of furan rings is 1. The van der Waals surface area contributed by atoms with Crippen molar-refractivity contribution in [1.82, 2.24) is 0 Å². The molecule has 134 valence electrons. The molecule has 3 heteroatoms. The second-order valence-electron chi connectivity index (χ2n) is 8.52. The number of fused-ring (bicyclic) bond motifs is 1. The maximum atomic E-state index is 10.8. The van der Waals surface area contributed by atoms with E-state index in [9.17, 15) is 5.11 Å².